The van der Waals surface area contributed by atoms with Crippen LogP contribution in [0.4, 0.5) is 10.9 Å². The number of methoxy groups -OCH3 is 1. The molecule has 0 atom stereocenters. The summed E-state index contributed by atoms with van der Waals surface area (Å²) in [6.07, 6.45) is 4.63. The molecule has 0 spiro atoms. The standard InChI is InChI=1S/C26H37N7O2SSi/c1-18(2)25-29-30-26(36-25)33(17-35-12-13-37(5,6)7)24-9-8-22-23(28-24)14-19(15-27-22)20-16-32(3)31-21(20)10-11-34-4/h8-9,14-16,18H,10-13,17H2,1-7H3. The minimum Gasteiger partial charge on any atom is -0.384 e. The van der Waals surface area contributed by atoms with Crippen LogP contribution >= 0.6 is 11.3 Å². The Hall–Kier alpha value is -2.73. The van der Waals surface area contributed by atoms with Crippen molar-refractivity contribution in [3.05, 3.63) is 41.3 Å². The lowest BCUT2D eigenvalue weighted by molar-refractivity contribution is 0.153. The maximum Gasteiger partial charge on any atom is 0.215 e. The first-order valence-corrected chi connectivity index (χ1v) is 17.1. The largest absolute Gasteiger partial charge is 0.384 e. The number of pyridine rings is 2. The van der Waals surface area contributed by atoms with Crippen LogP contribution in [0.25, 0.3) is 22.2 Å². The molecule has 0 radical (unpaired) electrons. The monoisotopic (exact) mass is 539 g/mol. The summed E-state index contributed by atoms with van der Waals surface area (Å²) in [7, 11) is 2.44. The van der Waals surface area contributed by atoms with Gasteiger partial charge in [0, 0.05) is 64.7 Å². The van der Waals surface area contributed by atoms with Crippen molar-refractivity contribution in [1.82, 2.24) is 29.9 Å². The quantitative estimate of drug-likeness (QED) is 0.130. The number of rotatable bonds is 12. The number of hydrogen-bond donors (Lipinski definition) is 0. The molecule has 4 aromatic rings. The van der Waals surface area contributed by atoms with E-state index in [2.05, 4.69) is 59.8 Å². The molecule has 4 heterocycles. The molecule has 198 valence electrons. The summed E-state index contributed by atoms with van der Waals surface area (Å²) in [5.74, 6) is 1.07. The van der Waals surface area contributed by atoms with Gasteiger partial charge in [-0.1, -0.05) is 44.8 Å². The summed E-state index contributed by atoms with van der Waals surface area (Å²) >= 11 is 1.58. The van der Waals surface area contributed by atoms with Gasteiger partial charge in [0.2, 0.25) is 5.13 Å². The van der Waals surface area contributed by atoms with Gasteiger partial charge in [-0.15, -0.1) is 10.2 Å². The Labute approximate surface area is 223 Å². The molecular weight excluding hydrogens is 502 g/mol. The van der Waals surface area contributed by atoms with Crippen molar-refractivity contribution in [2.75, 3.05) is 32.0 Å². The second kappa shape index (κ2) is 11.8. The zero-order chi connectivity index (χ0) is 26.6. The van der Waals surface area contributed by atoms with E-state index < -0.39 is 8.07 Å². The molecule has 0 saturated heterocycles. The number of nitrogens with zero attached hydrogens (tertiary/aromatic N) is 7. The Bertz CT molecular complexity index is 1330. The van der Waals surface area contributed by atoms with Crippen molar-refractivity contribution in [3.8, 4) is 11.1 Å². The molecule has 0 unspecified atom stereocenters. The summed E-state index contributed by atoms with van der Waals surface area (Å²) in [4.78, 5) is 11.7. The fourth-order valence-corrected chi connectivity index (χ4v) is 5.37. The van der Waals surface area contributed by atoms with Gasteiger partial charge < -0.3 is 9.47 Å². The molecule has 4 rings (SSSR count). The van der Waals surface area contributed by atoms with Gasteiger partial charge in [-0.25, -0.2) is 4.98 Å². The number of hydrogen-bond acceptors (Lipinski definition) is 9. The van der Waals surface area contributed by atoms with Gasteiger partial charge in [0.1, 0.15) is 17.6 Å². The van der Waals surface area contributed by atoms with E-state index in [1.165, 1.54) is 0 Å². The van der Waals surface area contributed by atoms with Crippen molar-refractivity contribution in [2.45, 2.75) is 51.9 Å². The zero-order valence-corrected chi connectivity index (χ0v) is 24.7. The van der Waals surface area contributed by atoms with Crippen LogP contribution in [0.3, 0.4) is 0 Å². The molecule has 4 aromatic heterocycles. The average molecular weight is 540 g/mol. The highest BCUT2D eigenvalue weighted by Crippen LogP contribution is 2.32. The minimum atomic E-state index is -1.19. The van der Waals surface area contributed by atoms with Gasteiger partial charge in [0.25, 0.3) is 0 Å². The first kappa shape index (κ1) is 27.3. The van der Waals surface area contributed by atoms with Crippen LogP contribution < -0.4 is 4.90 Å². The maximum absolute atomic E-state index is 6.13. The lowest BCUT2D eigenvalue weighted by Crippen LogP contribution is -2.26. The predicted octanol–water partition coefficient (Wildman–Crippen LogP) is 5.64. The summed E-state index contributed by atoms with van der Waals surface area (Å²) in [6.45, 7) is 13.0. The van der Waals surface area contributed by atoms with E-state index in [0.717, 1.165) is 56.3 Å². The molecule has 11 heteroatoms. The van der Waals surface area contributed by atoms with E-state index in [1.54, 1.807) is 18.4 Å². The van der Waals surface area contributed by atoms with Crippen molar-refractivity contribution < 1.29 is 9.47 Å². The zero-order valence-electron chi connectivity index (χ0n) is 22.9. The van der Waals surface area contributed by atoms with E-state index in [9.17, 15) is 0 Å². The third-order valence-electron chi connectivity index (χ3n) is 5.93. The topological polar surface area (TPSA) is 91.1 Å². The summed E-state index contributed by atoms with van der Waals surface area (Å²) in [6, 6.07) is 7.14. The van der Waals surface area contributed by atoms with Crippen LogP contribution in [0, 0.1) is 0 Å². The van der Waals surface area contributed by atoms with Crippen LogP contribution in [0.5, 0.6) is 0 Å². The summed E-state index contributed by atoms with van der Waals surface area (Å²) in [5.41, 5.74) is 4.63. The van der Waals surface area contributed by atoms with Crippen molar-refractivity contribution in [3.63, 3.8) is 0 Å². The second-order valence-electron chi connectivity index (χ2n) is 10.7. The number of aryl methyl sites for hydroxylation is 1. The first-order chi connectivity index (χ1) is 17.6. The normalized spacial score (nSPS) is 12.1. The van der Waals surface area contributed by atoms with E-state index in [1.807, 2.05) is 41.2 Å². The SMILES string of the molecule is COCCc1nn(C)cc1-c1cnc2ccc(N(COCC[Si](C)(C)C)c3nnc(C(C)C)s3)nc2c1. The maximum atomic E-state index is 6.13. The third-order valence-corrected chi connectivity index (χ3v) is 8.88. The average Bonchev–Trinajstić information content (AvgIpc) is 3.48. The van der Waals surface area contributed by atoms with E-state index in [-0.39, 0.29) is 0 Å². The van der Waals surface area contributed by atoms with Crippen molar-refractivity contribution in [1.29, 1.82) is 0 Å². The van der Waals surface area contributed by atoms with E-state index in [4.69, 9.17) is 14.5 Å². The van der Waals surface area contributed by atoms with E-state index >= 15 is 0 Å². The summed E-state index contributed by atoms with van der Waals surface area (Å²) in [5, 5.41) is 15.3. The van der Waals surface area contributed by atoms with Gasteiger partial charge in [0.05, 0.1) is 23.3 Å². The van der Waals surface area contributed by atoms with E-state index in [0.29, 0.717) is 25.9 Å². The molecule has 0 aromatic carbocycles. The highest BCUT2D eigenvalue weighted by Gasteiger charge is 2.20. The molecule has 0 fully saturated rings. The Morgan fingerprint density at radius 3 is 2.62 bits per heavy atom. The van der Waals surface area contributed by atoms with Crippen LogP contribution in [0.15, 0.2) is 30.6 Å². The molecule has 0 N–H and O–H groups in total. The van der Waals surface area contributed by atoms with Crippen LogP contribution in [-0.4, -0.2) is 65.1 Å². The van der Waals surface area contributed by atoms with Gasteiger partial charge in [-0.2, -0.15) is 5.10 Å². The molecular formula is C26H37N7O2SSi. The number of fused-ring (bicyclic) bond motifs is 1. The Kier molecular flexibility index (Phi) is 8.68. The van der Waals surface area contributed by atoms with Crippen LogP contribution in [0.2, 0.25) is 25.7 Å². The molecule has 37 heavy (non-hydrogen) atoms. The molecule has 0 aliphatic carbocycles. The highest BCUT2D eigenvalue weighted by atomic mass is 32.1. The van der Waals surface area contributed by atoms with Gasteiger partial charge >= 0.3 is 0 Å². The fourth-order valence-electron chi connectivity index (χ4n) is 3.77. The van der Waals surface area contributed by atoms with Crippen molar-refractivity contribution in [2.24, 2.45) is 7.05 Å². The van der Waals surface area contributed by atoms with Gasteiger partial charge in [-0.3, -0.25) is 14.6 Å². The van der Waals surface area contributed by atoms with Gasteiger partial charge in [-0.05, 0) is 24.2 Å². The fraction of sp³-hybridized carbons (Fsp3) is 0.500. The minimum absolute atomic E-state index is 0.309. The van der Waals surface area contributed by atoms with Crippen LogP contribution in [-0.2, 0) is 22.9 Å². The van der Waals surface area contributed by atoms with Crippen LogP contribution in [0.1, 0.15) is 30.5 Å². The summed E-state index contributed by atoms with van der Waals surface area (Å²) < 4.78 is 13.2. The number of anilines is 2. The number of ether oxygens (including phenoxy) is 2. The lowest BCUT2D eigenvalue weighted by Gasteiger charge is -2.22. The molecule has 0 aliphatic heterocycles. The molecule has 9 nitrogen and oxygen atoms in total. The Morgan fingerprint density at radius 2 is 1.92 bits per heavy atom. The highest BCUT2D eigenvalue weighted by molar-refractivity contribution is 7.15. The second-order valence-corrected chi connectivity index (χ2v) is 17.3. The lowest BCUT2D eigenvalue weighted by atomic mass is 10.1. The van der Waals surface area contributed by atoms with Crippen molar-refractivity contribution >= 4 is 41.4 Å². The van der Waals surface area contributed by atoms with Gasteiger partial charge in [0.15, 0.2) is 0 Å². The third kappa shape index (κ3) is 6.98. The number of aromatic nitrogens is 6. The predicted molar refractivity (Wildman–Crippen MR) is 152 cm³/mol. The molecule has 0 saturated carbocycles. The smallest absolute Gasteiger partial charge is 0.215 e. The Balaban J connectivity index is 1.67. The molecule has 0 bridgehead atoms. The Morgan fingerprint density at radius 1 is 1.11 bits per heavy atom. The first-order valence-electron chi connectivity index (χ1n) is 12.6. The molecule has 0 amide bonds. The molecule has 0 aliphatic rings.